The number of ether oxygens (including phenoxy) is 1. The first-order valence-electron chi connectivity index (χ1n) is 4.56. The second-order valence-corrected chi connectivity index (χ2v) is 5.70. The van der Waals surface area contributed by atoms with Crippen molar-refractivity contribution in [2.24, 2.45) is 5.73 Å². The molecule has 18 heavy (non-hydrogen) atoms. The van der Waals surface area contributed by atoms with Crippen molar-refractivity contribution in [2.45, 2.75) is 4.90 Å². The minimum Gasteiger partial charge on any atom is -0.477 e. The second kappa shape index (κ2) is 5.80. The molecule has 10 heteroatoms. The molecule has 1 aromatic heterocycles. The second-order valence-electron chi connectivity index (χ2n) is 3.02. The van der Waals surface area contributed by atoms with E-state index < -0.39 is 22.1 Å². The summed E-state index contributed by atoms with van der Waals surface area (Å²) >= 11 is 0.805. The fourth-order valence-electron chi connectivity index (χ4n) is 0.983. The standard InChI is InChI=1S/C8H10N2O6S2/c9-8(13)16-2-1-10-18(14,15)5-3-6(7(11)12)17-4-5/h3-4,10H,1-2H2,(H2,9,13)(H,11,12). The number of amides is 1. The normalized spacial score (nSPS) is 11.1. The maximum Gasteiger partial charge on any atom is 0.404 e. The number of carbonyl (C=O) groups excluding carboxylic acids is 1. The number of sulfonamides is 1. The zero-order valence-corrected chi connectivity index (χ0v) is 10.6. The molecule has 0 aromatic carbocycles. The molecule has 4 N–H and O–H groups in total. The molecular weight excluding hydrogens is 284 g/mol. The molecule has 0 aliphatic rings. The van der Waals surface area contributed by atoms with Crippen molar-refractivity contribution < 1.29 is 27.9 Å². The predicted octanol–water partition coefficient (Wildman–Crippen LogP) is -0.180. The third-order valence-corrected chi connectivity index (χ3v) is 4.24. The van der Waals surface area contributed by atoms with Gasteiger partial charge in [-0.15, -0.1) is 11.3 Å². The Labute approximate surface area is 106 Å². The molecule has 0 spiro atoms. The van der Waals surface area contributed by atoms with Crippen molar-refractivity contribution in [3.05, 3.63) is 16.3 Å². The zero-order valence-electron chi connectivity index (χ0n) is 8.95. The molecule has 0 fully saturated rings. The molecule has 1 heterocycles. The SMILES string of the molecule is NC(=O)OCCNS(=O)(=O)c1csc(C(=O)O)c1. The lowest BCUT2D eigenvalue weighted by Crippen LogP contribution is -2.28. The number of aromatic carboxylic acids is 1. The third kappa shape index (κ3) is 3.98. The van der Waals surface area contributed by atoms with Gasteiger partial charge in [0.2, 0.25) is 10.0 Å². The number of carboxylic acid groups (broad SMARTS) is 1. The van der Waals surface area contributed by atoms with Gasteiger partial charge in [0.1, 0.15) is 11.5 Å². The third-order valence-electron chi connectivity index (χ3n) is 1.73. The van der Waals surface area contributed by atoms with Gasteiger partial charge in [-0.1, -0.05) is 0 Å². The topological polar surface area (TPSA) is 136 Å². The van der Waals surface area contributed by atoms with E-state index in [2.05, 4.69) is 15.2 Å². The van der Waals surface area contributed by atoms with E-state index in [0.29, 0.717) is 0 Å². The van der Waals surface area contributed by atoms with Crippen LogP contribution in [0.15, 0.2) is 16.3 Å². The summed E-state index contributed by atoms with van der Waals surface area (Å²) < 4.78 is 29.8. The summed E-state index contributed by atoms with van der Waals surface area (Å²) in [5.41, 5.74) is 4.69. The van der Waals surface area contributed by atoms with Gasteiger partial charge >= 0.3 is 12.1 Å². The van der Waals surface area contributed by atoms with Gasteiger partial charge in [0.15, 0.2) is 0 Å². The van der Waals surface area contributed by atoms with Crippen LogP contribution in [0.2, 0.25) is 0 Å². The molecule has 100 valence electrons. The largest absolute Gasteiger partial charge is 0.477 e. The summed E-state index contributed by atoms with van der Waals surface area (Å²) in [5.74, 6) is -1.20. The number of hydrogen-bond acceptors (Lipinski definition) is 6. The molecule has 0 aliphatic carbocycles. The summed E-state index contributed by atoms with van der Waals surface area (Å²) in [6.07, 6.45) is -1.00. The molecular formula is C8H10N2O6S2. The quantitative estimate of drug-likeness (QED) is 0.623. The van der Waals surface area contributed by atoms with Crippen molar-refractivity contribution >= 4 is 33.4 Å². The van der Waals surface area contributed by atoms with Crippen LogP contribution >= 0.6 is 11.3 Å². The van der Waals surface area contributed by atoms with Crippen LogP contribution in [0.3, 0.4) is 0 Å². The van der Waals surface area contributed by atoms with Crippen molar-refractivity contribution in [3.8, 4) is 0 Å². The van der Waals surface area contributed by atoms with Gasteiger partial charge in [-0.2, -0.15) is 0 Å². The predicted molar refractivity (Wildman–Crippen MR) is 62.0 cm³/mol. The summed E-state index contributed by atoms with van der Waals surface area (Å²) in [5, 5.41) is 9.87. The number of rotatable bonds is 6. The lowest BCUT2D eigenvalue weighted by molar-refractivity contribution is 0.0702. The highest BCUT2D eigenvalue weighted by molar-refractivity contribution is 7.89. The van der Waals surface area contributed by atoms with E-state index in [1.54, 1.807) is 0 Å². The number of thiophene rings is 1. The van der Waals surface area contributed by atoms with Crippen LogP contribution in [0.4, 0.5) is 4.79 Å². The summed E-state index contributed by atoms with van der Waals surface area (Å²) in [7, 11) is -3.81. The van der Waals surface area contributed by atoms with E-state index >= 15 is 0 Å². The Morgan fingerprint density at radius 2 is 2.17 bits per heavy atom. The molecule has 0 radical (unpaired) electrons. The van der Waals surface area contributed by atoms with Gasteiger partial charge in [-0.25, -0.2) is 22.7 Å². The molecule has 1 amide bonds. The van der Waals surface area contributed by atoms with Gasteiger partial charge < -0.3 is 15.6 Å². The first-order valence-corrected chi connectivity index (χ1v) is 6.93. The van der Waals surface area contributed by atoms with Crippen LogP contribution in [0, 0.1) is 0 Å². The number of nitrogens with two attached hydrogens (primary N) is 1. The fourth-order valence-corrected chi connectivity index (χ4v) is 3.11. The van der Waals surface area contributed by atoms with E-state index in [1.807, 2.05) is 0 Å². The lowest BCUT2D eigenvalue weighted by Gasteiger charge is -2.04. The van der Waals surface area contributed by atoms with Crippen LogP contribution in [0.5, 0.6) is 0 Å². The Hall–Kier alpha value is -1.65. The zero-order chi connectivity index (χ0) is 13.8. The minimum atomic E-state index is -3.81. The highest BCUT2D eigenvalue weighted by Crippen LogP contribution is 2.18. The van der Waals surface area contributed by atoms with Crippen molar-refractivity contribution in [1.29, 1.82) is 0 Å². The van der Waals surface area contributed by atoms with Gasteiger partial charge in [0, 0.05) is 11.9 Å². The monoisotopic (exact) mass is 294 g/mol. The fraction of sp³-hybridized carbons (Fsp3) is 0.250. The van der Waals surface area contributed by atoms with Crippen molar-refractivity contribution in [2.75, 3.05) is 13.2 Å². The van der Waals surface area contributed by atoms with E-state index in [0.717, 1.165) is 17.4 Å². The Bertz CT molecular complexity index is 550. The average Bonchev–Trinajstić information content (AvgIpc) is 2.74. The van der Waals surface area contributed by atoms with Gasteiger partial charge in [-0.05, 0) is 6.07 Å². The Morgan fingerprint density at radius 1 is 1.50 bits per heavy atom. The van der Waals surface area contributed by atoms with Gasteiger partial charge in [0.05, 0.1) is 4.90 Å². The van der Waals surface area contributed by atoms with E-state index in [9.17, 15) is 18.0 Å². The minimum absolute atomic E-state index is 0.0799. The maximum atomic E-state index is 11.6. The van der Waals surface area contributed by atoms with Crippen LogP contribution < -0.4 is 10.5 Å². The molecule has 0 saturated heterocycles. The van der Waals surface area contributed by atoms with Crippen molar-refractivity contribution in [3.63, 3.8) is 0 Å². The molecule has 0 atom stereocenters. The molecule has 0 unspecified atom stereocenters. The highest BCUT2D eigenvalue weighted by Gasteiger charge is 2.18. The Balaban J connectivity index is 2.62. The van der Waals surface area contributed by atoms with E-state index in [-0.39, 0.29) is 22.9 Å². The average molecular weight is 294 g/mol. The van der Waals surface area contributed by atoms with E-state index in [4.69, 9.17) is 5.11 Å². The lowest BCUT2D eigenvalue weighted by atomic mass is 10.5. The molecule has 8 nitrogen and oxygen atoms in total. The number of carbonyl (C=O) groups is 2. The summed E-state index contributed by atoms with van der Waals surface area (Å²) in [6.45, 7) is -0.353. The summed E-state index contributed by atoms with van der Waals surface area (Å²) in [6, 6.07) is 1.05. The Kier molecular flexibility index (Phi) is 4.64. The van der Waals surface area contributed by atoms with Crippen LogP contribution in [0.25, 0.3) is 0 Å². The van der Waals surface area contributed by atoms with Crippen LogP contribution in [-0.2, 0) is 14.8 Å². The van der Waals surface area contributed by atoms with Gasteiger partial charge in [-0.3, -0.25) is 0 Å². The maximum absolute atomic E-state index is 11.6. The van der Waals surface area contributed by atoms with Crippen molar-refractivity contribution in [1.82, 2.24) is 4.72 Å². The Morgan fingerprint density at radius 3 is 2.67 bits per heavy atom. The number of hydrogen-bond donors (Lipinski definition) is 3. The molecule has 0 saturated carbocycles. The molecule has 0 bridgehead atoms. The summed E-state index contributed by atoms with van der Waals surface area (Å²) in [4.78, 5) is 20.6. The first kappa shape index (κ1) is 14.4. The van der Waals surface area contributed by atoms with E-state index in [1.165, 1.54) is 5.38 Å². The first-order chi connectivity index (χ1) is 8.33. The van der Waals surface area contributed by atoms with Crippen LogP contribution in [0.1, 0.15) is 9.67 Å². The van der Waals surface area contributed by atoms with Gasteiger partial charge in [0.25, 0.3) is 0 Å². The molecule has 1 rings (SSSR count). The van der Waals surface area contributed by atoms with Crippen LogP contribution in [-0.4, -0.2) is 38.7 Å². The number of carboxylic acids is 1. The smallest absolute Gasteiger partial charge is 0.404 e. The number of nitrogens with one attached hydrogen (secondary N) is 1. The molecule has 1 aromatic rings. The highest BCUT2D eigenvalue weighted by atomic mass is 32.2. The molecule has 0 aliphatic heterocycles. The number of primary amides is 1.